The molecule has 0 aliphatic carbocycles. The zero-order valence-corrected chi connectivity index (χ0v) is 6.38. The van der Waals surface area contributed by atoms with Crippen molar-refractivity contribution in [2.45, 2.75) is 11.8 Å². The average molecular weight is 164 g/mol. The van der Waals surface area contributed by atoms with Crippen LogP contribution in [0, 0.1) is 12.9 Å². The molecule has 0 saturated carbocycles. The Morgan fingerprint density at radius 1 is 1.60 bits per heavy atom. The van der Waals surface area contributed by atoms with Gasteiger partial charge in [-0.25, -0.2) is 4.68 Å². The highest BCUT2D eigenvalue weighted by Gasteiger charge is 2.12. The van der Waals surface area contributed by atoms with E-state index in [2.05, 4.69) is 5.10 Å². The third-order valence-corrected chi connectivity index (χ3v) is 1.80. The first kappa shape index (κ1) is 7.53. The molecule has 0 bridgehead atoms. The van der Waals surface area contributed by atoms with Crippen molar-refractivity contribution in [3.63, 3.8) is 0 Å². The highest BCUT2D eigenvalue weighted by molar-refractivity contribution is 7.94. The van der Waals surface area contributed by atoms with Crippen molar-refractivity contribution in [3.8, 4) is 0 Å². The van der Waals surface area contributed by atoms with Crippen LogP contribution in [0.2, 0.25) is 0 Å². The van der Waals surface area contributed by atoms with Gasteiger partial charge in [-0.3, -0.25) is 0 Å². The SMILES string of the molecule is Cc1nn(C)c(F)c1SF. The maximum Gasteiger partial charge on any atom is 0.227 e. The first-order valence-corrected chi connectivity index (χ1v) is 3.36. The molecule has 0 aliphatic rings. The lowest BCUT2D eigenvalue weighted by molar-refractivity contribution is 0.487. The Hall–Kier alpha value is -0.580. The second-order valence-electron chi connectivity index (χ2n) is 1.91. The lowest BCUT2D eigenvalue weighted by Crippen LogP contribution is -1.93. The summed E-state index contributed by atoms with van der Waals surface area (Å²) in [7, 11) is 1.43. The summed E-state index contributed by atoms with van der Waals surface area (Å²) in [5.41, 5.74) is 0.382. The van der Waals surface area contributed by atoms with Crippen LogP contribution >= 0.6 is 12.1 Å². The molecule has 0 unspecified atom stereocenters. The molecule has 1 aromatic heterocycles. The molecule has 0 aromatic carbocycles. The maximum atomic E-state index is 12.7. The zero-order chi connectivity index (χ0) is 7.72. The predicted molar refractivity (Wildman–Crippen MR) is 34.9 cm³/mol. The highest BCUT2D eigenvalue weighted by Crippen LogP contribution is 2.24. The van der Waals surface area contributed by atoms with E-state index in [4.69, 9.17) is 0 Å². The quantitative estimate of drug-likeness (QED) is 0.630. The average Bonchev–Trinajstić information content (AvgIpc) is 2.09. The molecular formula is C5H6F2N2S. The third-order valence-electron chi connectivity index (χ3n) is 1.18. The molecular weight excluding hydrogens is 158 g/mol. The van der Waals surface area contributed by atoms with E-state index in [0.29, 0.717) is 5.69 Å². The summed E-state index contributed by atoms with van der Waals surface area (Å²) in [6.45, 7) is 1.56. The fourth-order valence-corrected chi connectivity index (χ4v) is 1.05. The Morgan fingerprint density at radius 3 is 2.40 bits per heavy atom. The van der Waals surface area contributed by atoms with Crippen molar-refractivity contribution >= 4 is 12.1 Å². The fourth-order valence-electron chi connectivity index (χ4n) is 0.698. The molecule has 0 fully saturated rings. The monoisotopic (exact) mass is 164 g/mol. The van der Waals surface area contributed by atoms with Crippen LogP contribution < -0.4 is 0 Å². The number of aryl methyl sites for hydroxylation is 2. The van der Waals surface area contributed by atoms with Gasteiger partial charge in [-0.2, -0.15) is 13.4 Å². The summed E-state index contributed by atoms with van der Waals surface area (Å²) in [6, 6.07) is 0. The molecule has 0 saturated heterocycles. The Labute approximate surface area is 61.5 Å². The van der Waals surface area contributed by atoms with Crippen LogP contribution in [-0.4, -0.2) is 9.78 Å². The number of hydrogen-bond donors (Lipinski definition) is 0. The number of nitrogens with zero attached hydrogens (tertiary/aromatic N) is 2. The fraction of sp³-hybridized carbons (Fsp3) is 0.400. The molecule has 0 N–H and O–H groups in total. The summed E-state index contributed by atoms with van der Waals surface area (Å²) in [5, 5.41) is 3.66. The van der Waals surface area contributed by atoms with Crippen LogP contribution in [-0.2, 0) is 7.05 Å². The second-order valence-corrected chi connectivity index (χ2v) is 2.47. The van der Waals surface area contributed by atoms with Gasteiger partial charge in [-0.1, -0.05) is 0 Å². The maximum absolute atomic E-state index is 12.7. The normalized spacial score (nSPS) is 10.4. The van der Waals surface area contributed by atoms with Crippen LogP contribution in [0.5, 0.6) is 0 Å². The molecule has 0 amide bonds. The minimum Gasteiger partial charge on any atom is -0.241 e. The molecule has 2 nitrogen and oxygen atoms in total. The van der Waals surface area contributed by atoms with Crippen molar-refractivity contribution in [1.29, 1.82) is 0 Å². The van der Waals surface area contributed by atoms with E-state index in [1.165, 1.54) is 7.05 Å². The molecule has 1 aromatic rings. The van der Waals surface area contributed by atoms with E-state index in [1.54, 1.807) is 6.92 Å². The minimum absolute atomic E-state index is 0.0255. The van der Waals surface area contributed by atoms with Gasteiger partial charge in [0.25, 0.3) is 0 Å². The standard InChI is InChI=1S/C5H6F2N2S/c1-3-4(10-7)5(6)9(2)8-3/h1-2H3. The highest BCUT2D eigenvalue weighted by atomic mass is 32.2. The summed E-state index contributed by atoms with van der Waals surface area (Å²) >= 11 is -0.115. The van der Waals surface area contributed by atoms with Gasteiger partial charge in [0, 0.05) is 7.05 Å². The van der Waals surface area contributed by atoms with Gasteiger partial charge in [0.1, 0.15) is 4.90 Å². The van der Waals surface area contributed by atoms with Crippen molar-refractivity contribution in [3.05, 3.63) is 11.6 Å². The van der Waals surface area contributed by atoms with Gasteiger partial charge >= 0.3 is 0 Å². The van der Waals surface area contributed by atoms with Gasteiger partial charge in [-0.05, 0) is 6.92 Å². The lowest BCUT2D eigenvalue weighted by Gasteiger charge is -1.87. The second kappa shape index (κ2) is 2.57. The number of aromatic nitrogens is 2. The smallest absolute Gasteiger partial charge is 0.227 e. The molecule has 0 aliphatic heterocycles. The lowest BCUT2D eigenvalue weighted by atomic mass is 10.5. The first-order valence-electron chi connectivity index (χ1n) is 2.64. The molecule has 10 heavy (non-hydrogen) atoms. The molecule has 0 atom stereocenters. The molecule has 1 heterocycles. The third kappa shape index (κ3) is 1.01. The molecule has 0 spiro atoms. The number of hydrogen-bond acceptors (Lipinski definition) is 2. The van der Waals surface area contributed by atoms with Gasteiger partial charge < -0.3 is 0 Å². The van der Waals surface area contributed by atoms with Crippen LogP contribution in [0.4, 0.5) is 8.28 Å². The van der Waals surface area contributed by atoms with Gasteiger partial charge in [0.05, 0.1) is 17.8 Å². The molecule has 0 radical (unpaired) electrons. The summed E-state index contributed by atoms with van der Waals surface area (Å²) in [4.78, 5) is -0.0255. The van der Waals surface area contributed by atoms with Crippen LogP contribution in [0.3, 0.4) is 0 Å². The van der Waals surface area contributed by atoms with Gasteiger partial charge in [0.2, 0.25) is 5.95 Å². The van der Waals surface area contributed by atoms with Crippen molar-refractivity contribution in [2.75, 3.05) is 0 Å². The van der Waals surface area contributed by atoms with E-state index in [0.717, 1.165) is 4.68 Å². The van der Waals surface area contributed by atoms with E-state index in [9.17, 15) is 8.28 Å². The minimum atomic E-state index is -0.620. The number of rotatable bonds is 1. The Balaban J connectivity index is 3.20. The van der Waals surface area contributed by atoms with Gasteiger partial charge in [-0.15, -0.1) is 0 Å². The molecule has 5 heteroatoms. The van der Waals surface area contributed by atoms with Crippen LogP contribution in [0.1, 0.15) is 5.69 Å². The molecule has 1 rings (SSSR count). The molecule has 56 valence electrons. The Kier molecular flexibility index (Phi) is 1.94. The summed E-state index contributed by atoms with van der Waals surface area (Å²) < 4.78 is 25.6. The summed E-state index contributed by atoms with van der Waals surface area (Å²) in [5.74, 6) is -0.620. The largest absolute Gasteiger partial charge is 0.241 e. The topological polar surface area (TPSA) is 17.8 Å². The first-order chi connectivity index (χ1) is 4.66. The van der Waals surface area contributed by atoms with Gasteiger partial charge in [0.15, 0.2) is 0 Å². The van der Waals surface area contributed by atoms with E-state index in [1.807, 2.05) is 0 Å². The Bertz CT molecular complexity index is 246. The van der Waals surface area contributed by atoms with Crippen molar-refractivity contribution in [1.82, 2.24) is 9.78 Å². The Morgan fingerprint density at radius 2 is 2.20 bits per heavy atom. The number of halogens is 2. The van der Waals surface area contributed by atoms with E-state index >= 15 is 0 Å². The van der Waals surface area contributed by atoms with Crippen LogP contribution in [0.25, 0.3) is 0 Å². The summed E-state index contributed by atoms with van der Waals surface area (Å²) in [6.07, 6.45) is 0. The van der Waals surface area contributed by atoms with Crippen LogP contribution in [0.15, 0.2) is 4.90 Å². The van der Waals surface area contributed by atoms with Crippen molar-refractivity contribution < 1.29 is 8.28 Å². The van der Waals surface area contributed by atoms with Crippen molar-refractivity contribution in [2.24, 2.45) is 7.05 Å². The van der Waals surface area contributed by atoms with E-state index < -0.39 is 5.95 Å². The van der Waals surface area contributed by atoms with E-state index in [-0.39, 0.29) is 17.0 Å². The zero-order valence-electron chi connectivity index (χ0n) is 5.56. The predicted octanol–water partition coefficient (Wildman–Crippen LogP) is 1.84.